The van der Waals surface area contributed by atoms with Gasteiger partial charge in [-0.15, -0.1) is 0 Å². The number of benzene rings is 1. The third-order valence-corrected chi connectivity index (χ3v) is 3.05. The van der Waals surface area contributed by atoms with Gasteiger partial charge in [-0.25, -0.2) is 0 Å². The van der Waals surface area contributed by atoms with Crippen LogP contribution in [-0.2, 0) is 6.42 Å². The minimum atomic E-state index is -0.659. The number of nitriles is 1. The number of hydrogen-bond acceptors (Lipinski definition) is 3. The number of carbonyl (C=O) groups is 1. The zero-order valence-electron chi connectivity index (χ0n) is 11.2. The molecular weight excluding hydrogens is 250 g/mol. The Morgan fingerprint density at radius 2 is 2.10 bits per heavy atom. The SMILES string of the molecule is CCc1ccc(C(C#N)NC(=O)c2cccnc2)cc1. The first-order valence-corrected chi connectivity index (χ1v) is 6.44. The van der Waals surface area contributed by atoms with Crippen LogP contribution >= 0.6 is 0 Å². The molecule has 0 aliphatic heterocycles. The third kappa shape index (κ3) is 3.21. The number of pyridine rings is 1. The van der Waals surface area contributed by atoms with Crippen LogP contribution in [0, 0.1) is 11.3 Å². The normalized spacial score (nSPS) is 11.4. The van der Waals surface area contributed by atoms with Gasteiger partial charge in [-0.3, -0.25) is 9.78 Å². The predicted molar refractivity (Wildman–Crippen MR) is 75.9 cm³/mol. The Hall–Kier alpha value is -2.67. The number of aryl methyl sites for hydroxylation is 1. The fraction of sp³-hybridized carbons (Fsp3) is 0.188. The summed E-state index contributed by atoms with van der Waals surface area (Å²) in [7, 11) is 0. The molecule has 4 heteroatoms. The van der Waals surface area contributed by atoms with Crippen molar-refractivity contribution in [2.75, 3.05) is 0 Å². The molecule has 1 aromatic carbocycles. The molecule has 0 radical (unpaired) electrons. The average Bonchev–Trinajstić information content (AvgIpc) is 2.53. The van der Waals surface area contributed by atoms with Crippen LogP contribution in [0.2, 0.25) is 0 Å². The first-order chi connectivity index (χ1) is 9.74. The number of nitrogens with zero attached hydrogens (tertiary/aromatic N) is 2. The van der Waals surface area contributed by atoms with Crippen LogP contribution in [0.4, 0.5) is 0 Å². The summed E-state index contributed by atoms with van der Waals surface area (Å²) in [6.45, 7) is 2.07. The number of carbonyl (C=O) groups excluding carboxylic acids is 1. The number of aromatic nitrogens is 1. The fourth-order valence-corrected chi connectivity index (χ4v) is 1.85. The van der Waals surface area contributed by atoms with Crippen LogP contribution in [0.5, 0.6) is 0 Å². The monoisotopic (exact) mass is 265 g/mol. The summed E-state index contributed by atoms with van der Waals surface area (Å²) in [4.78, 5) is 15.9. The van der Waals surface area contributed by atoms with Crippen LogP contribution < -0.4 is 5.32 Å². The summed E-state index contributed by atoms with van der Waals surface area (Å²) in [5, 5.41) is 11.9. The van der Waals surface area contributed by atoms with Crippen LogP contribution in [0.25, 0.3) is 0 Å². The Morgan fingerprint density at radius 1 is 1.35 bits per heavy atom. The first-order valence-electron chi connectivity index (χ1n) is 6.44. The zero-order valence-corrected chi connectivity index (χ0v) is 11.2. The Labute approximate surface area is 118 Å². The lowest BCUT2D eigenvalue weighted by Crippen LogP contribution is -2.27. The van der Waals surface area contributed by atoms with Crippen molar-refractivity contribution in [3.8, 4) is 6.07 Å². The number of hydrogen-bond donors (Lipinski definition) is 1. The second kappa shape index (κ2) is 6.48. The van der Waals surface area contributed by atoms with Gasteiger partial charge in [0.15, 0.2) is 0 Å². The molecule has 100 valence electrons. The van der Waals surface area contributed by atoms with Gasteiger partial charge in [-0.2, -0.15) is 5.26 Å². The number of rotatable bonds is 4. The fourth-order valence-electron chi connectivity index (χ4n) is 1.85. The van der Waals surface area contributed by atoms with E-state index < -0.39 is 6.04 Å². The maximum absolute atomic E-state index is 12.0. The second-order valence-corrected chi connectivity index (χ2v) is 4.37. The second-order valence-electron chi connectivity index (χ2n) is 4.37. The highest BCUT2D eigenvalue weighted by molar-refractivity contribution is 5.94. The highest BCUT2D eigenvalue weighted by Crippen LogP contribution is 2.14. The quantitative estimate of drug-likeness (QED) is 0.924. The van der Waals surface area contributed by atoms with Crippen molar-refractivity contribution < 1.29 is 4.79 Å². The predicted octanol–water partition coefficient (Wildman–Crippen LogP) is 2.64. The smallest absolute Gasteiger partial charge is 0.254 e. The molecule has 0 saturated carbocycles. The number of amides is 1. The molecule has 0 spiro atoms. The van der Waals surface area contributed by atoms with Crippen molar-refractivity contribution in [3.63, 3.8) is 0 Å². The molecule has 1 N–H and O–H groups in total. The molecule has 20 heavy (non-hydrogen) atoms. The lowest BCUT2D eigenvalue weighted by molar-refractivity contribution is 0.0945. The molecule has 0 saturated heterocycles. The average molecular weight is 265 g/mol. The molecule has 2 aromatic rings. The van der Waals surface area contributed by atoms with Gasteiger partial charge >= 0.3 is 0 Å². The van der Waals surface area contributed by atoms with Gasteiger partial charge in [0, 0.05) is 12.4 Å². The topological polar surface area (TPSA) is 65.8 Å². The molecule has 0 aliphatic carbocycles. The molecule has 0 bridgehead atoms. The van der Waals surface area contributed by atoms with E-state index in [1.165, 1.54) is 11.8 Å². The van der Waals surface area contributed by atoms with E-state index in [2.05, 4.69) is 23.3 Å². The lowest BCUT2D eigenvalue weighted by Gasteiger charge is -2.12. The van der Waals surface area contributed by atoms with E-state index in [4.69, 9.17) is 0 Å². The van der Waals surface area contributed by atoms with E-state index in [1.54, 1.807) is 18.3 Å². The largest absolute Gasteiger partial charge is 0.332 e. The van der Waals surface area contributed by atoms with Crippen molar-refractivity contribution >= 4 is 5.91 Å². The summed E-state index contributed by atoms with van der Waals surface area (Å²) in [6.07, 6.45) is 4.02. The first kappa shape index (κ1) is 13.8. The van der Waals surface area contributed by atoms with Crippen molar-refractivity contribution in [2.45, 2.75) is 19.4 Å². The molecule has 4 nitrogen and oxygen atoms in total. The van der Waals surface area contributed by atoms with Crippen LogP contribution in [0.15, 0.2) is 48.8 Å². The van der Waals surface area contributed by atoms with E-state index in [-0.39, 0.29) is 5.91 Å². The standard InChI is InChI=1S/C16H15N3O/c1-2-12-5-7-13(8-6-12)15(10-17)19-16(20)14-4-3-9-18-11-14/h3-9,11,15H,2H2,1H3,(H,19,20). The summed E-state index contributed by atoms with van der Waals surface area (Å²) in [5.74, 6) is -0.302. The van der Waals surface area contributed by atoms with Gasteiger partial charge in [0.25, 0.3) is 5.91 Å². The van der Waals surface area contributed by atoms with Crippen molar-refractivity contribution in [3.05, 3.63) is 65.5 Å². The van der Waals surface area contributed by atoms with Crippen molar-refractivity contribution in [2.24, 2.45) is 0 Å². The summed E-state index contributed by atoms with van der Waals surface area (Å²) in [5.41, 5.74) is 2.42. The Bertz CT molecular complexity index is 614. The van der Waals surface area contributed by atoms with Gasteiger partial charge in [0.05, 0.1) is 11.6 Å². The number of nitrogens with one attached hydrogen (secondary N) is 1. The van der Waals surface area contributed by atoms with E-state index >= 15 is 0 Å². The molecule has 0 fully saturated rings. The van der Waals surface area contributed by atoms with Crippen LogP contribution in [0.1, 0.15) is 34.5 Å². The Kier molecular flexibility index (Phi) is 4.46. The van der Waals surface area contributed by atoms with Gasteiger partial charge in [0.2, 0.25) is 0 Å². The van der Waals surface area contributed by atoms with Crippen molar-refractivity contribution in [1.29, 1.82) is 5.26 Å². The molecular formula is C16H15N3O. The van der Waals surface area contributed by atoms with Crippen molar-refractivity contribution in [1.82, 2.24) is 10.3 Å². The van der Waals surface area contributed by atoms with E-state index in [0.29, 0.717) is 5.56 Å². The lowest BCUT2D eigenvalue weighted by atomic mass is 10.0. The maximum atomic E-state index is 12.0. The van der Waals surface area contributed by atoms with Gasteiger partial charge in [-0.1, -0.05) is 31.2 Å². The summed E-state index contributed by atoms with van der Waals surface area (Å²) < 4.78 is 0. The minimum absolute atomic E-state index is 0.302. The highest BCUT2D eigenvalue weighted by Gasteiger charge is 2.14. The molecule has 1 amide bonds. The Balaban J connectivity index is 2.13. The van der Waals surface area contributed by atoms with E-state index in [9.17, 15) is 10.1 Å². The maximum Gasteiger partial charge on any atom is 0.254 e. The highest BCUT2D eigenvalue weighted by atomic mass is 16.1. The van der Waals surface area contributed by atoms with Crippen LogP contribution in [-0.4, -0.2) is 10.9 Å². The minimum Gasteiger partial charge on any atom is -0.332 e. The molecule has 1 aromatic heterocycles. The zero-order chi connectivity index (χ0) is 14.4. The summed E-state index contributed by atoms with van der Waals surface area (Å²) in [6, 6.07) is 12.5. The van der Waals surface area contributed by atoms with E-state index in [0.717, 1.165) is 12.0 Å². The summed E-state index contributed by atoms with van der Waals surface area (Å²) >= 11 is 0. The van der Waals surface area contributed by atoms with E-state index in [1.807, 2.05) is 24.3 Å². The van der Waals surface area contributed by atoms with Gasteiger partial charge < -0.3 is 5.32 Å². The van der Waals surface area contributed by atoms with Gasteiger partial charge in [0.1, 0.15) is 6.04 Å². The molecule has 1 unspecified atom stereocenters. The third-order valence-electron chi connectivity index (χ3n) is 3.05. The Morgan fingerprint density at radius 3 is 2.65 bits per heavy atom. The van der Waals surface area contributed by atoms with Gasteiger partial charge in [-0.05, 0) is 29.7 Å². The van der Waals surface area contributed by atoms with Crippen LogP contribution in [0.3, 0.4) is 0 Å². The molecule has 1 heterocycles. The molecule has 0 aliphatic rings. The molecule has 2 rings (SSSR count). The molecule has 1 atom stereocenters.